The summed E-state index contributed by atoms with van der Waals surface area (Å²) in [5.74, 6) is -1.80. The van der Waals surface area contributed by atoms with Gasteiger partial charge in [-0.2, -0.15) is 13.2 Å². The fourth-order valence-electron chi connectivity index (χ4n) is 0.319. The van der Waals surface area contributed by atoms with Gasteiger partial charge < -0.3 is 0 Å². The van der Waals surface area contributed by atoms with Crippen LogP contribution >= 0.6 is 0 Å². The molecule has 0 heterocycles. The predicted molar refractivity (Wildman–Crippen MR) is 30.5 cm³/mol. The second-order valence-electron chi connectivity index (χ2n) is 1.67. The van der Waals surface area contributed by atoms with Gasteiger partial charge in [-0.25, -0.2) is 0 Å². The van der Waals surface area contributed by atoms with Crippen LogP contribution in [-0.4, -0.2) is 12.0 Å². The van der Waals surface area contributed by atoms with Crippen LogP contribution in [0, 0.1) is 0 Å². The summed E-state index contributed by atoms with van der Waals surface area (Å²) in [7, 11) is 0. The Balaban J connectivity index is 3.98. The minimum atomic E-state index is -4.72. The van der Waals surface area contributed by atoms with E-state index in [-0.39, 0.29) is 0 Å². The molecular weight excluding hydrogens is 145 g/mol. The molecule has 0 aliphatic rings. The summed E-state index contributed by atoms with van der Waals surface area (Å²) in [4.78, 5) is 10.0. The van der Waals surface area contributed by atoms with Crippen LogP contribution in [0.4, 0.5) is 13.2 Å². The molecule has 0 amide bonds. The van der Waals surface area contributed by atoms with Crippen molar-refractivity contribution in [3.05, 3.63) is 12.2 Å². The van der Waals surface area contributed by atoms with Gasteiger partial charge in [0.25, 0.3) is 5.78 Å². The van der Waals surface area contributed by atoms with Gasteiger partial charge in [0.05, 0.1) is 0 Å². The van der Waals surface area contributed by atoms with Gasteiger partial charge in [-0.1, -0.05) is 13.0 Å². The Morgan fingerprint density at radius 1 is 1.50 bits per heavy atom. The lowest BCUT2D eigenvalue weighted by Crippen LogP contribution is -2.19. The number of hydrogen-bond acceptors (Lipinski definition) is 1. The standard InChI is InChI=1S/C6H7F3O/c1-2-3-4-5(10)6(7,8)9/h3-4H,2H2,1H3/b4-3+. The lowest BCUT2D eigenvalue weighted by atomic mass is 10.3. The second-order valence-corrected chi connectivity index (χ2v) is 1.67. The molecule has 0 aromatic carbocycles. The van der Waals surface area contributed by atoms with Gasteiger partial charge in [-0.3, -0.25) is 4.79 Å². The summed E-state index contributed by atoms with van der Waals surface area (Å²) in [6.45, 7) is 1.65. The van der Waals surface area contributed by atoms with Crippen LogP contribution in [0.5, 0.6) is 0 Å². The first kappa shape index (κ1) is 9.20. The van der Waals surface area contributed by atoms with Crippen molar-refractivity contribution < 1.29 is 18.0 Å². The van der Waals surface area contributed by atoms with Gasteiger partial charge in [-0.05, 0) is 12.5 Å². The highest BCUT2D eigenvalue weighted by atomic mass is 19.4. The molecule has 0 radical (unpaired) electrons. The zero-order valence-corrected chi connectivity index (χ0v) is 5.40. The molecule has 58 valence electrons. The highest BCUT2D eigenvalue weighted by Gasteiger charge is 2.35. The maximum atomic E-state index is 11.4. The van der Waals surface area contributed by atoms with Gasteiger partial charge in [-0.15, -0.1) is 0 Å². The summed E-state index contributed by atoms with van der Waals surface area (Å²) in [5, 5.41) is 0. The molecule has 0 aliphatic carbocycles. The molecule has 0 saturated carbocycles. The molecule has 0 spiro atoms. The van der Waals surface area contributed by atoms with Crippen LogP contribution in [-0.2, 0) is 4.79 Å². The van der Waals surface area contributed by atoms with E-state index in [0.29, 0.717) is 12.5 Å². The van der Waals surface area contributed by atoms with Crippen LogP contribution in [0.15, 0.2) is 12.2 Å². The highest BCUT2D eigenvalue weighted by Crippen LogP contribution is 2.16. The van der Waals surface area contributed by atoms with Gasteiger partial charge in [0.15, 0.2) is 0 Å². The van der Waals surface area contributed by atoms with E-state index in [1.54, 1.807) is 6.92 Å². The highest BCUT2D eigenvalue weighted by molar-refractivity contribution is 5.94. The number of halogens is 3. The van der Waals surface area contributed by atoms with Crippen LogP contribution in [0.1, 0.15) is 13.3 Å². The van der Waals surface area contributed by atoms with E-state index in [0.717, 1.165) is 0 Å². The molecule has 0 aromatic heterocycles. The van der Waals surface area contributed by atoms with Crippen molar-refractivity contribution in [3.63, 3.8) is 0 Å². The molecule has 0 aliphatic heterocycles. The Kier molecular flexibility index (Phi) is 3.12. The molecular formula is C6H7F3O. The fourth-order valence-corrected chi connectivity index (χ4v) is 0.319. The molecule has 0 unspecified atom stereocenters. The minimum absolute atomic E-state index is 0.432. The Labute approximate surface area is 56.5 Å². The van der Waals surface area contributed by atoms with E-state index in [4.69, 9.17) is 0 Å². The van der Waals surface area contributed by atoms with E-state index < -0.39 is 12.0 Å². The molecule has 10 heavy (non-hydrogen) atoms. The second kappa shape index (κ2) is 3.39. The fraction of sp³-hybridized carbons (Fsp3) is 0.500. The van der Waals surface area contributed by atoms with E-state index >= 15 is 0 Å². The maximum absolute atomic E-state index is 11.4. The average molecular weight is 152 g/mol. The normalized spacial score (nSPS) is 12.4. The topological polar surface area (TPSA) is 17.1 Å². The van der Waals surface area contributed by atoms with E-state index in [1.165, 1.54) is 6.08 Å². The van der Waals surface area contributed by atoms with Crippen molar-refractivity contribution in [2.45, 2.75) is 19.5 Å². The Hall–Kier alpha value is -0.800. The third kappa shape index (κ3) is 3.27. The lowest BCUT2D eigenvalue weighted by Gasteiger charge is -1.97. The van der Waals surface area contributed by atoms with Gasteiger partial charge in [0.2, 0.25) is 0 Å². The molecule has 0 atom stereocenters. The molecule has 4 heteroatoms. The summed E-state index contributed by atoms with van der Waals surface area (Å²) in [5.41, 5.74) is 0. The van der Waals surface area contributed by atoms with Crippen molar-refractivity contribution in [2.75, 3.05) is 0 Å². The van der Waals surface area contributed by atoms with Crippen LogP contribution in [0.2, 0.25) is 0 Å². The Bertz CT molecular complexity index is 146. The molecule has 0 N–H and O–H groups in total. The summed E-state index contributed by atoms with van der Waals surface area (Å²) in [6, 6.07) is 0. The monoisotopic (exact) mass is 152 g/mol. The zero-order valence-electron chi connectivity index (χ0n) is 5.40. The van der Waals surface area contributed by atoms with E-state index in [2.05, 4.69) is 0 Å². The summed E-state index contributed by atoms with van der Waals surface area (Å²) >= 11 is 0. The molecule has 0 saturated heterocycles. The molecule has 0 bridgehead atoms. The van der Waals surface area contributed by atoms with Crippen molar-refractivity contribution in [3.8, 4) is 0 Å². The predicted octanol–water partition coefficient (Wildman–Crippen LogP) is 2.08. The Morgan fingerprint density at radius 2 is 2.00 bits per heavy atom. The van der Waals surface area contributed by atoms with Gasteiger partial charge >= 0.3 is 6.18 Å². The molecule has 0 rings (SSSR count). The first-order valence-electron chi connectivity index (χ1n) is 2.76. The van der Waals surface area contributed by atoms with Gasteiger partial charge in [0, 0.05) is 0 Å². The smallest absolute Gasteiger partial charge is 0.285 e. The summed E-state index contributed by atoms with van der Waals surface area (Å²) in [6.07, 6.45) is -2.57. The van der Waals surface area contributed by atoms with Crippen LogP contribution in [0.3, 0.4) is 0 Å². The third-order valence-corrected chi connectivity index (χ3v) is 0.784. The number of carbonyl (C=O) groups is 1. The SMILES string of the molecule is CC/C=C/C(=O)C(F)(F)F. The van der Waals surface area contributed by atoms with Crippen molar-refractivity contribution in [1.29, 1.82) is 0 Å². The van der Waals surface area contributed by atoms with Gasteiger partial charge in [0.1, 0.15) is 0 Å². The number of carbonyl (C=O) groups excluding carboxylic acids is 1. The van der Waals surface area contributed by atoms with Crippen molar-refractivity contribution in [1.82, 2.24) is 0 Å². The number of rotatable bonds is 2. The first-order valence-corrected chi connectivity index (χ1v) is 2.76. The first-order chi connectivity index (χ1) is 4.48. The maximum Gasteiger partial charge on any atom is 0.454 e. The summed E-state index contributed by atoms with van der Waals surface area (Å²) < 4.78 is 34.1. The number of alkyl halides is 3. The molecule has 0 aromatic rings. The Morgan fingerprint density at radius 3 is 2.30 bits per heavy atom. The number of hydrogen-bond donors (Lipinski definition) is 0. The molecule has 1 nitrogen and oxygen atoms in total. The largest absolute Gasteiger partial charge is 0.454 e. The van der Waals surface area contributed by atoms with Crippen LogP contribution < -0.4 is 0 Å². The zero-order chi connectivity index (χ0) is 8.20. The lowest BCUT2D eigenvalue weighted by molar-refractivity contribution is -0.165. The van der Waals surface area contributed by atoms with Crippen molar-refractivity contribution in [2.24, 2.45) is 0 Å². The quantitative estimate of drug-likeness (QED) is 0.553. The van der Waals surface area contributed by atoms with Crippen LogP contribution in [0.25, 0.3) is 0 Å². The minimum Gasteiger partial charge on any atom is -0.285 e. The number of allylic oxidation sites excluding steroid dienone is 2. The van der Waals surface area contributed by atoms with Crippen molar-refractivity contribution >= 4 is 5.78 Å². The average Bonchev–Trinajstić information content (AvgIpc) is 1.80. The third-order valence-electron chi connectivity index (χ3n) is 0.784. The van der Waals surface area contributed by atoms with E-state index in [9.17, 15) is 18.0 Å². The molecule has 0 fully saturated rings. The van der Waals surface area contributed by atoms with E-state index in [1.807, 2.05) is 0 Å². The number of ketones is 1.